The summed E-state index contributed by atoms with van der Waals surface area (Å²) in [5.74, 6) is 0.216. The molecular weight excluding hydrogens is 412 g/mol. The molecule has 0 bridgehead atoms. The van der Waals surface area contributed by atoms with E-state index in [-0.39, 0.29) is 38.5 Å². The third-order valence-electron chi connectivity index (χ3n) is 5.79. The Morgan fingerprint density at radius 1 is 1.21 bits per heavy atom. The molecule has 0 atom stereocenters. The van der Waals surface area contributed by atoms with Crippen LogP contribution in [-0.2, 0) is 5.41 Å². The Balaban J connectivity index is 1.84. The molecule has 0 unspecified atom stereocenters. The minimum atomic E-state index is -0.378. The summed E-state index contributed by atoms with van der Waals surface area (Å²) in [5.41, 5.74) is 1.16. The third-order valence-corrected chi connectivity index (χ3v) is 6.46. The summed E-state index contributed by atoms with van der Waals surface area (Å²) in [7, 11) is 0. The quantitative estimate of drug-likeness (QED) is 0.476. The summed E-state index contributed by atoms with van der Waals surface area (Å²) in [6.45, 7) is 6.86. The van der Waals surface area contributed by atoms with Gasteiger partial charge in [-0.05, 0) is 54.0 Å². The van der Waals surface area contributed by atoms with E-state index in [2.05, 4.69) is 26.1 Å². The Hall–Kier alpha value is -1.78. The first-order chi connectivity index (χ1) is 13.8. The molecule has 3 nitrogen and oxygen atoms in total. The standard InChI is InChI=1S/C23H26Cl2FNO2/c1-4-14(5-2)13-27-22(28)18-6-7-19(24)21(20(18)25)29-17-11-15(10-16(26)12-17)23(3)8-9-23/h6-7,10-12,14H,4-5,8-9,13H2,1-3H3,(H,27,28). The zero-order chi connectivity index (χ0) is 21.2. The lowest BCUT2D eigenvalue weighted by Gasteiger charge is -2.16. The van der Waals surface area contributed by atoms with E-state index in [1.807, 2.05) is 6.07 Å². The van der Waals surface area contributed by atoms with Crippen molar-refractivity contribution in [3.8, 4) is 11.5 Å². The third kappa shape index (κ3) is 5.04. The summed E-state index contributed by atoms with van der Waals surface area (Å²) in [4.78, 5) is 12.6. The van der Waals surface area contributed by atoms with Crippen LogP contribution in [0.25, 0.3) is 0 Å². The van der Waals surface area contributed by atoms with E-state index in [0.717, 1.165) is 31.2 Å². The van der Waals surface area contributed by atoms with Crippen molar-refractivity contribution in [2.45, 2.75) is 51.9 Å². The van der Waals surface area contributed by atoms with Gasteiger partial charge >= 0.3 is 0 Å². The van der Waals surface area contributed by atoms with Crippen LogP contribution in [0, 0.1) is 11.7 Å². The molecule has 1 N–H and O–H groups in total. The molecule has 0 saturated heterocycles. The molecule has 0 aliphatic heterocycles. The fourth-order valence-corrected chi connectivity index (χ4v) is 3.81. The highest BCUT2D eigenvalue weighted by Gasteiger charge is 2.39. The first-order valence-corrected chi connectivity index (χ1v) is 10.8. The van der Waals surface area contributed by atoms with Crippen molar-refractivity contribution in [2.75, 3.05) is 6.54 Å². The van der Waals surface area contributed by atoms with Gasteiger partial charge in [-0.2, -0.15) is 0 Å². The lowest BCUT2D eigenvalue weighted by Crippen LogP contribution is -2.29. The SMILES string of the molecule is CCC(CC)CNC(=O)c1ccc(Cl)c(Oc2cc(F)cc(C3(C)CC3)c2)c1Cl. The molecule has 0 heterocycles. The summed E-state index contributed by atoms with van der Waals surface area (Å²) in [6, 6.07) is 7.77. The number of carbonyl (C=O) groups is 1. The van der Waals surface area contributed by atoms with E-state index in [0.29, 0.717) is 18.2 Å². The maximum absolute atomic E-state index is 14.1. The molecule has 3 rings (SSSR count). The maximum Gasteiger partial charge on any atom is 0.252 e. The highest BCUT2D eigenvalue weighted by Crippen LogP contribution is 2.49. The minimum Gasteiger partial charge on any atom is -0.454 e. The number of nitrogens with one attached hydrogen (secondary N) is 1. The van der Waals surface area contributed by atoms with Crippen LogP contribution in [-0.4, -0.2) is 12.5 Å². The van der Waals surface area contributed by atoms with Crippen LogP contribution in [0.15, 0.2) is 30.3 Å². The van der Waals surface area contributed by atoms with E-state index >= 15 is 0 Å². The Kier molecular flexibility index (Phi) is 6.75. The van der Waals surface area contributed by atoms with Gasteiger partial charge in [0.1, 0.15) is 11.6 Å². The van der Waals surface area contributed by atoms with Crippen molar-refractivity contribution < 1.29 is 13.9 Å². The van der Waals surface area contributed by atoms with Crippen LogP contribution in [0.1, 0.15) is 62.4 Å². The van der Waals surface area contributed by atoms with Gasteiger partial charge in [0.05, 0.1) is 15.6 Å². The number of ether oxygens (including phenoxy) is 1. The minimum absolute atomic E-state index is 0.00930. The summed E-state index contributed by atoms with van der Waals surface area (Å²) in [5, 5.41) is 3.29. The normalized spacial score (nSPS) is 14.7. The van der Waals surface area contributed by atoms with Crippen LogP contribution in [0.2, 0.25) is 10.0 Å². The Labute approximate surface area is 181 Å². The summed E-state index contributed by atoms with van der Waals surface area (Å²) >= 11 is 12.7. The molecule has 0 radical (unpaired) electrons. The first kappa shape index (κ1) is 21.9. The predicted molar refractivity (Wildman–Crippen MR) is 116 cm³/mol. The van der Waals surface area contributed by atoms with E-state index in [1.165, 1.54) is 12.1 Å². The average molecular weight is 438 g/mol. The maximum atomic E-state index is 14.1. The summed E-state index contributed by atoms with van der Waals surface area (Å²) in [6.07, 6.45) is 4.01. The van der Waals surface area contributed by atoms with Crippen LogP contribution >= 0.6 is 23.2 Å². The molecule has 1 aliphatic carbocycles. The van der Waals surface area contributed by atoms with Crippen molar-refractivity contribution in [3.63, 3.8) is 0 Å². The zero-order valence-electron chi connectivity index (χ0n) is 17.0. The summed E-state index contributed by atoms with van der Waals surface area (Å²) < 4.78 is 20.0. The first-order valence-electron chi connectivity index (χ1n) is 10.0. The van der Waals surface area contributed by atoms with Crippen LogP contribution in [0.3, 0.4) is 0 Å². The molecule has 1 aliphatic rings. The van der Waals surface area contributed by atoms with Crippen LogP contribution in [0.5, 0.6) is 11.5 Å². The molecule has 2 aromatic carbocycles. The fourth-order valence-electron chi connectivity index (χ4n) is 3.28. The van der Waals surface area contributed by atoms with E-state index < -0.39 is 0 Å². The Morgan fingerprint density at radius 2 is 1.90 bits per heavy atom. The van der Waals surface area contributed by atoms with E-state index in [1.54, 1.807) is 12.1 Å². The number of benzene rings is 2. The zero-order valence-corrected chi connectivity index (χ0v) is 18.5. The lowest BCUT2D eigenvalue weighted by atomic mass is 9.98. The van der Waals surface area contributed by atoms with E-state index in [9.17, 15) is 9.18 Å². The largest absolute Gasteiger partial charge is 0.454 e. The second-order valence-corrected chi connectivity index (χ2v) is 8.75. The molecule has 1 saturated carbocycles. The van der Waals surface area contributed by atoms with Gasteiger partial charge in [0.25, 0.3) is 5.91 Å². The number of hydrogen-bond donors (Lipinski definition) is 1. The van der Waals surface area contributed by atoms with Crippen molar-refractivity contribution in [3.05, 3.63) is 57.3 Å². The monoisotopic (exact) mass is 437 g/mol. The van der Waals surface area contributed by atoms with Crippen molar-refractivity contribution in [2.24, 2.45) is 5.92 Å². The average Bonchev–Trinajstić information content (AvgIpc) is 3.44. The van der Waals surface area contributed by atoms with Crippen LogP contribution in [0.4, 0.5) is 4.39 Å². The van der Waals surface area contributed by atoms with Crippen molar-refractivity contribution in [1.82, 2.24) is 5.32 Å². The second-order valence-electron chi connectivity index (χ2n) is 7.97. The highest BCUT2D eigenvalue weighted by atomic mass is 35.5. The molecule has 6 heteroatoms. The predicted octanol–water partition coefficient (Wildman–Crippen LogP) is 7.14. The van der Waals surface area contributed by atoms with Gasteiger partial charge in [0, 0.05) is 12.6 Å². The molecule has 1 amide bonds. The van der Waals surface area contributed by atoms with Crippen molar-refractivity contribution in [1.29, 1.82) is 0 Å². The molecule has 0 aromatic heterocycles. The molecule has 29 heavy (non-hydrogen) atoms. The van der Waals surface area contributed by atoms with Gasteiger partial charge in [-0.15, -0.1) is 0 Å². The number of rotatable bonds is 8. The van der Waals surface area contributed by atoms with Gasteiger partial charge in [-0.3, -0.25) is 4.79 Å². The Bertz CT molecular complexity index is 908. The van der Waals surface area contributed by atoms with Gasteiger partial charge in [-0.1, -0.05) is 56.8 Å². The fraction of sp³-hybridized carbons (Fsp3) is 0.435. The van der Waals surface area contributed by atoms with Gasteiger partial charge in [-0.25, -0.2) is 4.39 Å². The molecule has 0 spiro atoms. The van der Waals surface area contributed by atoms with Gasteiger partial charge in [0.15, 0.2) is 5.75 Å². The molecule has 1 fully saturated rings. The van der Waals surface area contributed by atoms with E-state index in [4.69, 9.17) is 27.9 Å². The Morgan fingerprint density at radius 3 is 2.52 bits per heavy atom. The highest BCUT2D eigenvalue weighted by molar-refractivity contribution is 6.39. The topological polar surface area (TPSA) is 38.3 Å². The number of carbonyl (C=O) groups excluding carboxylic acids is 1. The lowest BCUT2D eigenvalue weighted by molar-refractivity contribution is 0.0946. The number of amides is 1. The van der Waals surface area contributed by atoms with Crippen molar-refractivity contribution >= 4 is 29.1 Å². The van der Waals surface area contributed by atoms with Gasteiger partial charge < -0.3 is 10.1 Å². The number of hydrogen-bond acceptors (Lipinski definition) is 2. The smallest absolute Gasteiger partial charge is 0.252 e. The molecular formula is C23H26Cl2FNO2. The van der Waals surface area contributed by atoms with Crippen LogP contribution < -0.4 is 10.1 Å². The molecule has 156 valence electrons. The number of halogens is 3. The molecule has 2 aromatic rings. The van der Waals surface area contributed by atoms with Gasteiger partial charge in [0.2, 0.25) is 0 Å². The second kappa shape index (κ2) is 8.93.